The first kappa shape index (κ1) is 14.6. The first-order valence-corrected chi connectivity index (χ1v) is 7.55. The second-order valence-corrected chi connectivity index (χ2v) is 7.03. The Balaban J connectivity index is 2.03. The summed E-state index contributed by atoms with van der Waals surface area (Å²) < 4.78 is 5.51. The predicted octanol–water partition coefficient (Wildman–Crippen LogP) is 2.63. The van der Waals surface area contributed by atoms with Crippen molar-refractivity contribution in [1.29, 1.82) is 0 Å². The number of hydrogen-bond donors (Lipinski definition) is 1. The van der Waals surface area contributed by atoms with Gasteiger partial charge in [0.15, 0.2) is 0 Å². The third-order valence-electron chi connectivity index (χ3n) is 4.39. The van der Waals surface area contributed by atoms with E-state index >= 15 is 0 Å². The predicted molar refractivity (Wildman–Crippen MR) is 76.1 cm³/mol. The smallest absolute Gasteiger partial charge is 0.410 e. The van der Waals surface area contributed by atoms with Crippen LogP contribution in [-0.2, 0) is 4.74 Å². The molecule has 19 heavy (non-hydrogen) atoms. The third kappa shape index (κ3) is 3.62. The van der Waals surface area contributed by atoms with Crippen LogP contribution in [0.25, 0.3) is 0 Å². The highest BCUT2D eigenvalue weighted by molar-refractivity contribution is 5.68. The average Bonchev–Trinajstić information content (AvgIpc) is 2.66. The highest BCUT2D eigenvalue weighted by Gasteiger charge is 2.39. The van der Waals surface area contributed by atoms with Gasteiger partial charge in [-0.05, 0) is 52.0 Å². The van der Waals surface area contributed by atoms with Crippen molar-refractivity contribution in [2.75, 3.05) is 20.1 Å². The molecule has 3 atom stereocenters. The molecule has 1 heterocycles. The van der Waals surface area contributed by atoms with Crippen LogP contribution in [0.2, 0.25) is 0 Å². The van der Waals surface area contributed by atoms with Crippen molar-refractivity contribution in [3.63, 3.8) is 0 Å². The summed E-state index contributed by atoms with van der Waals surface area (Å²) in [5, 5.41) is 3.49. The molecule has 3 unspecified atom stereocenters. The lowest BCUT2D eigenvalue weighted by Crippen LogP contribution is -2.45. The summed E-state index contributed by atoms with van der Waals surface area (Å²) in [5.41, 5.74) is -0.413. The van der Waals surface area contributed by atoms with E-state index < -0.39 is 5.60 Å². The maximum Gasteiger partial charge on any atom is 0.410 e. The van der Waals surface area contributed by atoms with E-state index in [9.17, 15) is 4.79 Å². The van der Waals surface area contributed by atoms with Crippen molar-refractivity contribution in [3.05, 3.63) is 0 Å². The van der Waals surface area contributed by atoms with Gasteiger partial charge in [-0.3, -0.25) is 0 Å². The summed E-state index contributed by atoms with van der Waals surface area (Å²) in [4.78, 5) is 14.1. The molecule has 0 spiro atoms. The maximum atomic E-state index is 12.2. The zero-order valence-electron chi connectivity index (χ0n) is 12.7. The van der Waals surface area contributed by atoms with Crippen LogP contribution >= 0.6 is 0 Å². The summed E-state index contributed by atoms with van der Waals surface area (Å²) in [6, 6.07) is 0.331. The summed E-state index contributed by atoms with van der Waals surface area (Å²) in [5.74, 6) is 1.33. The molecule has 0 radical (unpaired) electrons. The van der Waals surface area contributed by atoms with Gasteiger partial charge in [0, 0.05) is 19.6 Å². The number of carbonyl (C=O) groups excluding carboxylic acids is 1. The fraction of sp³-hybridized carbons (Fsp3) is 0.933. The first-order chi connectivity index (χ1) is 8.88. The van der Waals surface area contributed by atoms with Crippen molar-refractivity contribution < 1.29 is 9.53 Å². The second-order valence-electron chi connectivity index (χ2n) is 7.03. The Morgan fingerprint density at radius 2 is 1.89 bits per heavy atom. The number of fused-ring (bicyclic) bond motifs is 1. The summed E-state index contributed by atoms with van der Waals surface area (Å²) in [6.07, 6.45) is 4.76. The minimum atomic E-state index is -0.413. The fourth-order valence-electron chi connectivity index (χ4n) is 3.44. The minimum absolute atomic E-state index is 0.176. The topological polar surface area (TPSA) is 41.6 Å². The number of carbonyl (C=O) groups is 1. The van der Waals surface area contributed by atoms with Crippen LogP contribution in [-0.4, -0.2) is 42.8 Å². The van der Waals surface area contributed by atoms with E-state index in [2.05, 4.69) is 5.32 Å². The summed E-state index contributed by atoms with van der Waals surface area (Å²) in [7, 11) is 1.90. The highest BCUT2D eigenvalue weighted by Crippen LogP contribution is 2.34. The molecule has 2 rings (SSSR count). The van der Waals surface area contributed by atoms with Crippen LogP contribution in [0, 0.1) is 11.8 Å². The zero-order valence-corrected chi connectivity index (χ0v) is 12.7. The number of amides is 1. The van der Waals surface area contributed by atoms with Gasteiger partial charge in [-0.1, -0.05) is 12.8 Å². The van der Waals surface area contributed by atoms with Gasteiger partial charge in [0.25, 0.3) is 0 Å². The van der Waals surface area contributed by atoms with Gasteiger partial charge in [0.2, 0.25) is 0 Å². The number of nitrogens with one attached hydrogen (secondary N) is 1. The van der Waals surface area contributed by atoms with Gasteiger partial charge in [-0.25, -0.2) is 4.79 Å². The van der Waals surface area contributed by atoms with Crippen LogP contribution in [0.5, 0.6) is 0 Å². The Morgan fingerprint density at radius 3 is 2.58 bits per heavy atom. The first-order valence-electron chi connectivity index (χ1n) is 7.55. The standard InChI is InChI=1S/C15H28N2O2/c1-15(2,3)19-14(18)17(4)13-8-6-5-7-11-9-16-10-12(11)13/h11-13,16H,5-10H2,1-4H3. The lowest BCUT2D eigenvalue weighted by molar-refractivity contribution is 0.0148. The number of hydrogen-bond acceptors (Lipinski definition) is 3. The van der Waals surface area contributed by atoms with Crippen LogP contribution in [0.1, 0.15) is 46.5 Å². The van der Waals surface area contributed by atoms with Gasteiger partial charge >= 0.3 is 6.09 Å². The molecule has 2 fully saturated rings. The Bertz CT molecular complexity index is 325. The second kappa shape index (κ2) is 5.70. The molecule has 1 saturated carbocycles. The lowest BCUT2D eigenvalue weighted by atomic mass is 9.87. The molecule has 4 heteroatoms. The number of ether oxygens (including phenoxy) is 1. The van der Waals surface area contributed by atoms with Crippen molar-refractivity contribution in [1.82, 2.24) is 10.2 Å². The number of nitrogens with zero attached hydrogens (tertiary/aromatic N) is 1. The molecule has 1 aliphatic carbocycles. The SMILES string of the molecule is CN(C(=O)OC(C)(C)C)C1CCCCC2CNCC21. The van der Waals surface area contributed by atoms with Crippen LogP contribution in [0.4, 0.5) is 4.79 Å². The Hall–Kier alpha value is -0.770. The van der Waals surface area contributed by atoms with E-state index in [1.165, 1.54) is 19.3 Å². The van der Waals surface area contributed by atoms with E-state index in [0.717, 1.165) is 25.4 Å². The molecular weight excluding hydrogens is 240 g/mol. The largest absolute Gasteiger partial charge is 0.444 e. The Labute approximate surface area is 116 Å². The van der Waals surface area contributed by atoms with Gasteiger partial charge in [0.05, 0.1) is 0 Å². The minimum Gasteiger partial charge on any atom is -0.444 e. The fourth-order valence-corrected chi connectivity index (χ4v) is 3.44. The van der Waals surface area contributed by atoms with E-state index in [-0.39, 0.29) is 6.09 Å². The quantitative estimate of drug-likeness (QED) is 0.795. The van der Waals surface area contributed by atoms with E-state index in [1.54, 1.807) is 0 Å². The number of rotatable bonds is 1. The van der Waals surface area contributed by atoms with Crippen molar-refractivity contribution in [3.8, 4) is 0 Å². The molecule has 0 aromatic heterocycles. The molecule has 1 aliphatic heterocycles. The van der Waals surface area contributed by atoms with Crippen LogP contribution < -0.4 is 5.32 Å². The normalized spacial score (nSPS) is 31.5. The molecule has 1 amide bonds. The van der Waals surface area contributed by atoms with Gasteiger partial charge in [-0.2, -0.15) is 0 Å². The van der Waals surface area contributed by atoms with E-state index in [1.807, 2.05) is 32.7 Å². The van der Waals surface area contributed by atoms with Gasteiger partial charge in [-0.15, -0.1) is 0 Å². The molecule has 0 aromatic rings. The average molecular weight is 268 g/mol. The highest BCUT2D eigenvalue weighted by atomic mass is 16.6. The molecule has 1 N–H and O–H groups in total. The molecule has 2 aliphatic rings. The summed E-state index contributed by atoms with van der Waals surface area (Å²) in [6.45, 7) is 7.93. The third-order valence-corrected chi connectivity index (χ3v) is 4.39. The van der Waals surface area contributed by atoms with Crippen molar-refractivity contribution in [2.45, 2.75) is 58.1 Å². The molecule has 4 nitrogen and oxygen atoms in total. The van der Waals surface area contributed by atoms with Crippen LogP contribution in [0.15, 0.2) is 0 Å². The molecular formula is C15H28N2O2. The molecule has 0 bridgehead atoms. The molecule has 0 aromatic carbocycles. The van der Waals surface area contributed by atoms with Gasteiger partial charge in [0.1, 0.15) is 5.60 Å². The monoisotopic (exact) mass is 268 g/mol. The Morgan fingerprint density at radius 1 is 1.21 bits per heavy atom. The van der Waals surface area contributed by atoms with E-state index in [0.29, 0.717) is 12.0 Å². The van der Waals surface area contributed by atoms with Crippen molar-refractivity contribution in [2.24, 2.45) is 11.8 Å². The van der Waals surface area contributed by atoms with Crippen molar-refractivity contribution >= 4 is 6.09 Å². The zero-order chi connectivity index (χ0) is 14.0. The Kier molecular flexibility index (Phi) is 4.39. The van der Waals surface area contributed by atoms with Gasteiger partial charge < -0.3 is 15.0 Å². The van der Waals surface area contributed by atoms with E-state index in [4.69, 9.17) is 4.74 Å². The van der Waals surface area contributed by atoms with Crippen LogP contribution in [0.3, 0.4) is 0 Å². The molecule has 110 valence electrons. The molecule has 1 saturated heterocycles. The lowest BCUT2D eigenvalue weighted by Gasteiger charge is -2.34. The summed E-state index contributed by atoms with van der Waals surface area (Å²) >= 11 is 0. The maximum absolute atomic E-state index is 12.2.